The monoisotopic (exact) mass is 305 g/mol. The van der Waals surface area contributed by atoms with Gasteiger partial charge in [0.15, 0.2) is 0 Å². The van der Waals surface area contributed by atoms with Crippen LogP contribution in [0.3, 0.4) is 0 Å². The molecular weight excluding hydrogens is 282 g/mol. The molecule has 1 aromatic heterocycles. The fraction of sp³-hybridized carbons (Fsp3) is 0.625. The first-order valence-electron chi connectivity index (χ1n) is 7.93. The molecule has 0 spiro atoms. The molecule has 3 heterocycles. The zero-order valence-electron chi connectivity index (χ0n) is 12.7. The maximum Gasteiger partial charge on any atom is 0.269 e. The van der Waals surface area contributed by atoms with Crippen molar-refractivity contribution < 1.29 is 14.3 Å². The van der Waals surface area contributed by atoms with Crippen LogP contribution in [-0.2, 0) is 9.47 Å². The molecule has 1 amide bonds. The first-order chi connectivity index (χ1) is 10.8. The van der Waals surface area contributed by atoms with Crippen LogP contribution >= 0.6 is 0 Å². The molecular formula is C16H23N3O3. The van der Waals surface area contributed by atoms with Crippen LogP contribution < -0.4 is 5.32 Å². The number of hydrogen-bond donors (Lipinski definition) is 1. The Morgan fingerprint density at radius 3 is 2.86 bits per heavy atom. The Labute approximate surface area is 130 Å². The molecule has 0 saturated carbocycles. The van der Waals surface area contributed by atoms with Crippen LogP contribution in [0.4, 0.5) is 0 Å². The lowest BCUT2D eigenvalue weighted by Gasteiger charge is -2.37. The smallest absolute Gasteiger partial charge is 0.269 e. The van der Waals surface area contributed by atoms with Crippen molar-refractivity contribution in [2.24, 2.45) is 5.92 Å². The summed E-state index contributed by atoms with van der Waals surface area (Å²) >= 11 is 0. The van der Waals surface area contributed by atoms with E-state index in [1.165, 1.54) is 0 Å². The van der Waals surface area contributed by atoms with E-state index >= 15 is 0 Å². The average Bonchev–Trinajstić information content (AvgIpc) is 3.11. The molecule has 0 bridgehead atoms. The summed E-state index contributed by atoms with van der Waals surface area (Å²) in [5, 5.41) is 3.03. The predicted octanol–water partition coefficient (Wildman–Crippen LogP) is 0.549. The maximum atomic E-state index is 12.2. The van der Waals surface area contributed by atoms with Gasteiger partial charge in [-0.25, -0.2) is 0 Å². The number of nitrogens with one attached hydrogen (secondary N) is 1. The fourth-order valence-corrected chi connectivity index (χ4v) is 3.14. The summed E-state index contributed by atoms with van der Waals surface area (Å²) in [7, 11) is 0. The van der Waals surface area contributed by atoms with Gasteiger partial charge in [0, 0.05) is 44.4 Å². The van der Waals surface area contributed by atoms with Crippen molar-refractivity contribution in [3.8, 4) is 0 Å². The summed E-state index contributed by atoms with van der Waals surface area (Å²) in [6.45, 7) is 5.59. The lowest BCUT2D eigenvalue weighted by atomic mass is 9.97. The lowest BCUT2D eigenvalue weighted by molar-refractivity contribution is 0.00165. The number of aromatic nitrogens is 1. The quantitative estimate of drug-likeness (QED) is 0.861. The highest BCUT2D eigenvalue weighted by Crippen LogP contribution is 2.21. The van der Waals surface area contributed by atoms with Crippen molar-refractivity contribution in [3.63, 3.8) is 0 Å². The highest BCUT2D eigenvalue weighted by Gasteiger charge is 2.31. The highest BCUT2D eigenvalue weighted by atomic mass is 16.5. The molecule has 0 aromatic carbocycles. The number of pyridine rings is 1. The molecule has 1 aromatic rings. The van der Waals surface area contributed by atoms with E-state index in [1.54, 1.807) is 12.3 Å². The molecule has 2 aliphatic heterocycles. The maximum absolute atomic E-state index is 12.2. The molecule has 6 heteroatoms. The Bertz CT molecular complexity index is 471. The second-order valence-electron chi connectivity index (χ2n) is 5.76. The van der Waals surface area contributed by atoms with Gasteiger partial charge in [0.05, 0.1) is 19.8 Å². The Morgan fingerprint density at radius 2 is 2.18 bits per heavy atom. The van der Waals surface area contributed by atoms with Gasteiger partial charge >= 0.3 is 0 Å². The molecule has 120 valence electrons. The van der Waals surface area contributed by atoms with E-state index in [1.807, 2.05) is 12.1 Å². The first kappa shape index (κ1) is 15.4. The van der Waals surface area contributed by atoms with Crippen LogP contribution in [0.25, 0.3) is 0 Å². The Morgan fingerprint density at radius 1 is 1.32 bits per heavy atom. The number of hydrogen-bond acceptors (Lipinski definition) is 5. The summed E-state index contributed by atoms with van der Waals surface area (Å²) in [6, 6.07) is 5.67. The molecule has 22 heavy (non-hydrogen) atoms. The van der Waals surface area contributed by atoms with Crippen molar-refractivity contribution in [2.45, 2.75) is 12.5 Å². The average molecular weight is 305 g/mol. The van der Waals surface area contributed by atoms with Gasteiger partial charge in [-0.1, -0.05) is 6.07 Å². The van der Waals surface area contributed by atoms with E-state index in [0.29, 0.717) is 24.2 Å². The molecule has 1 N–H and O–H groups in total. The van der Waals surface area contributed by atoms with Crippen molar-refractivity contribution in [1.82, 2.24) is 15.2 Å². The van der Waals surface area contributed by atoms with Crippen molar-refractivity contribution in [1.29, 1.82) is 0 Å². The molecule has 2 aliphatic rings. The van der Waals surface area contributed by atoms with Gasteiger partial charge in [-0.2, -0.15) is 0 Å². The summed E-state index contributed by atoms with van der Waals surface area (Å²) in [5.41, 5.74) is 0.464. The minimum absolute atomic E-state index is 0.113. The summed E-state index contributed by atoms with van der Waals surface area (Å²) < 4.78 is 11.0. The Hall–Kier alpha value is -1.50. The molecule has 2 unspecified atom stereocenters. The lowest BCUT2D eigenvalue weighted by Crippen LogP contribution is -2.52. The van der Waals surface area contributed by atoms with E-state index < -0.39 is 0 Å². The van der Waals surface area contributed by atoms with Crippen molar-refractivity contribution in [2.75, 3.05) is 46.1 Å². The summed E-state index contributed by atoms with van der Waals surface area (Å²) in [4.78, 5) is 18.7. The van der Waals surface area contributed by atoms with Crippen LogP contribution in [0.1, 0.15) is 16.9 Å². The second-order valence-corrected chi connectivity index (χ2v) is 5.76. The summed E-state index contributed by atoms with van der Waals surface area (Å²) in [5.74, 6) is 0.361. The third-order valence-electron chi connectivity index (χ3n) is 4.39. The van der Waals surface area contributed by atoms with Crippen LogP contribution in [0.15, 0.2) is 24.4 Å². The predicted molar refractivity (Wildman–Crippen MR) is 81.7 cm³/mol. The zero-order chi connectivity index (χ0) is 15.2. The van der Waals surface area contributed by atoms with E-state index in [4.69, 9.17) is 9.47 Å². The van der Waals surface area contributed by atoms with E-state index in [9.17, 15) is 4.79 Å². The van der Waals surface area contributed by atoms with E-state index in [2.05, 4.69) is 15.2 Å². The minimum atomic E-state index is -0.113. The standard InChI is InChI=1S/C16H23N3O3/c20-16(14-3-1-2-5-17-14)18-11-15(13-4-8-22-12-13)19-6-9-21-10-7-19/h1-3,5,13,15H,4,6-12H2,(H,18,20). The third kappa shape index (κ3) is 3.82. The Kier molecular flexibility index (Phi) is 5.37. The molecule has 2 fully saturated rings. The number of ether oxygens (including phenoxy) is 2. The number of morpholine rings is 1. The Balaban J connectivity index is 1.60. The third-order valence-corrected chi connectivity index (χ3v) is 4.39. The van der Waals surface area contributed by atoms with Crippen LogP contribution in [0, 0.1) is 5.92 Å². The summed E-state index contributed by atoms with van der Waals surface area (Å²) in [6.07, 6.45) is 2.70. The minimum Gasteiger partial charge on any atom is -0.381 e. The number of amides is 1. The van der Waals surface area contributed by atoms with Gasteiger partial charge in [0.1, 0.15) is 5.69 Å². The number of rotatable bonds is 5. The number of carbonyl (C=O) groups excluding carboxylic acids is 1. The van der Waals surface area contributed by atoms with Gasteiger partial charge in [-0.15, -0.1) is 0 Å². The van der Waals surface area contributed by atoms with Gasteiger partial charge < -0.3 is 14.8 Å². The molecule has 2 atom stereocenters. The largest absolute Gasteiger partial charge is 0.381 e. The van der Waals surface area contributed by atoms with E-state index in [0.717, 1.165) is 45.9 Å². The molecule has 3 rings (SSSR count). The van der Waals surface area contributed by atoms with Crippen molar-refractivity contribution >= 4 is 5.91 Å². The van der Waals surface area contributed by atoms with Crippen LogP contribution in [0.2, 0.25) is 0 Å². The van der Waals surface area contributed by atoms with Gasteiger partial charge in [-0.05, 0) is 18.6 Å². The highest BCUT2D eigenvalue weighted by molar-refractivity contribution is 5.92. The molecule has 0 radical (unpaired) electrons. The fourth-order valence-electron chi connectivity index (χ4n) is 3.14. The van der Waals surface area contributed by atoms with Gasteiger partial charge in [-0.3, -0.25) is 14.7 Å². The van der Waals surface area contributed by atoms with Crippen molar-refractivity contribution in [3.05, 3.63) is 30.1 Å². The molecule has 0 aliphatic carbocycles. The SMILES string of the molecule is O=C(NCC(C1CCOC1)N1CCOCC1)c1ccccn1. The number of carbonyl (C=O) groups is 1. The van der Waals surface area contributed by atoms with Gasteiger partial charge in [0.2, 0.25) is 0 Å². The first-order valence-corrected chi connectivity index (χ1v) is 7.93. The topological polar surface area (TPSA) is 63.7 Å². The zero-order valence-corrected chi connectivity index (χ0v) is 12.7. The normalized spacial score (nSPS) is 24.1. The van der Waals surface area contributed by atoms with Crippen LogP contribution in [-0.4, -0.2) is 67.9 Å². The van der Waals surface area contributed by atoms with Crippen LogP contribution in [0.5, 0.6) is 0 Å². The molecule has 6 nitrogen and oxygen atoms in total. The second kappa shape index (κ2) is 7.67. The van der Waals surface area contributed by atoms with Gasteiger partial charge in [0.25, 0.3) is 5.91 Å². The molecule has 2 saturated heterocycles. The number of nitrogens with zero attached hydrogens (tertiary/aromatic N) is 2. The van der Waals surface area contributed by atoms with E-state index in [-0.39, 0.29) is 5.91 Å².